The number of hydrogen-bond acceptors (Lipinski definition) is 4. The molecule has 0 aliphatic carbocycles. The van der Waals surface area contributed by atoms with Crippen molar-refractivity contribution in [2.45, 2.75) is 25.0 Å². The summed E-state index contributed by atoms with van der Waals surface area (Å²) in [5, 5.41) is 10.2. The number of aliphatic hydroxyl groups is 1. The van der Waals surface area contributed by atoms with Crippen LogP contribution < -0.4 is 5.56 Å². The van der Waals surface area contributed by atoms with Crippen molar-refractivity contribution in [3.05, 3.63) is 46.9 Å². The monoisotopic (exact) mass is 320 g/mol. The van der Waals surface area contributed by atoms with E-state index in [-0.39, 0.29) is 11.7 Å². The molecule has 3 rings (SSSR count). The lowest BCUT2D eigenvalue weighted by Crippen LogP contribution is -2.49. The van der Waals surface area contributed by atoms with Crippen LogP contribution in [0.1, 0.15) is 18.0 Å². The molecule has 3 atom stereocenters. The molecular formula is C17H24N2O2S. The molecule has 1 N–H and O–H groups in total. The summed E-state index contributed by atoms with van der Waals surface area (Å²) >= 11 is 1.72. The Labute approximate surface area is 135 Å². The molecular weight excluding hydrogens is 296 g/mol. The number of thioether (sulfide) groups is 1. The van der Waals surface area contributed by atoms with Crippen LogP contribution in [-0.4, -0.2) is 51.8 Å². The van der Waals surface area contributed by atoms with Gasteiger partial charge >= 0.3 is 0 Å². The van der Waals surface area contributed by atoms with Gasteiger partial charge in [-0.3, -0.25) is 9.69 Å². The van der Waals surface area contributed by atoms with E-state index < -0.39 is 0 Å². The minimum Gasteiger partial charge on any atom is -0.391 e. The molecule has 2 aliphatic rings. The number of nitrogens with zero attached hydrogens (tertiary/aromatic N) is 2. The molecule has 0 unspecified atom stereocenters. The molecule has 2 bridgehead atoms. The zero-order valence-corrected chi connectivity index (χ0v) is 13.7. The smallest absolute Gasteiger partial charge is 0.250 e. The maximum atomic E-state index is 12.0. The van der Waals surface area contributed by atoms with Gasteiger partial charge in [0.2, 0.25) is 0 Å². The SMILES string of the molecule is C=CCSC[C@@H](O)CN1C[C@H]2C[C@H](C1)c1cccc(=O)n1C2. The van der Waals surface area contributed by atoms with Crippen LogP contribution in [0.15, 0.2) is 35.6 Å². The lowest BCUT2D eigenvalue weighted by molar-refractivity contribution is 0.0717. The van der Waals surface area contributed by atoms with Crippen molar-refractivity contribution in [3.8, 4) is 0 Å². The molecule has 1 aromatic rings. The third kappa shape index (κ3) is 3.47. The van der Waals surface area contributed by atoms with Gasteiger partial charge in [-0.25, -0.2) is 0 Å². The molecule has 0 saturated carbocycles. The molecule has 5 heteroatoms. The molecule has 0 amide bonds. The van der Waals surface area contributed by atoms with E-state index in [9.17, 15) is 9.90 Å². The first kappa shape index (κ1) is 15.8. The van der Waals surface area contributed by atoms with Crippen molar-refractivity contribution in [2.24, 2.45) is 5.92 Å². The summed E-state index contributed by atoms with van der Waals surface area (Å²) in [6, 6.07) is 5.61. The van der Waals surface area contributed by atoms with Gasteiger partial charge in [0.05, 0.1) is 6.10 Å². The van der Waals surface area contributed by atoms with Gasteiger partial charge in [0.1, 0.15) is 0 Å². The van der Waals surface area contributed by atoms with Gasteiger partial charge in [-0.05, 0) is 18.4 Å². The van der Waals surface area contributed by atoms with Crippen LogP contribution in [0, 0.1) is 5.92 Å². The highest BCUT2D eigenvalue weighted by molar-refractivity contribution is 7.99. The van der Waals surface area contributed by atoms with E-state index in [0.29, 0.717) is 11.8 Å². The number of piperidine rings is 1. The number of likely N-dealkylation sites (tertiary alicyclic amines) is 1. The van der Waals surface area contributed by atoms with E-state index in [0.717, 1.165) is 37.7 Å². The Morgan fingerprint density at radius 2 is 2.27 bits per heavy atom. The summed E-state index contributed by atoms with van der Waals surface area (Å²) < 4.78 is 1.95. The minimum absolute atomic E-state index is 0.126. The van der Waals surface area contributed by atoms with E-state index in [1.807, 2.05) is 16.7 Å². The van der Waals surface area contributed by atoms with Crippen LogP contribution >= 0.6 is 11.8 Å². The van der Waals surface area contributed by atoms with Gasteiger partial charge in [0.15, 0.2) is 0 Å². The summed E-state index contributed by atoms with van der Waals surface area (Å²) in [6.45, 7) is 7.19. The first-order valence-electron chi connectivity index (χ1n) is 7.96. The minimum atomic E-state index is -0.290. The van der Waals surface area contributed by atoms with E-state index >= 15 is 0 Å². The molecule has 4 nitrogen and oxygen atoms in total. The highest BCUT2D eigenvalue weighted by Gasteiger charge is 2.34. The van der Waals surface area contributed by atoms with Crippen LogP contribution in [0.2, 0.25) is 0 Å². The molecule has 22 heavy (non-hydrogen) atoms. The van der Waals surface area contributed by atoms with E-state index in [4.69, 9.17) is 0 Å². The zero-order valence-electron chi connectivity index (χ0n) is 12.9. The zero-order chi connectivity index (χ0) is 15.5. The second-order valence-electron chi connectivity index (χ2n) is 6.40. The number of hydrogen-bond donors (Lipinski definition) is 1. The Morgan fingerprint density at radius 1 is 1.41 bits per heavy atom. The largest absolute Gasteiger partial charge is 0.391 e. The van der Waals surface area contributed by atoms with Gasteiger partial charge in [-0.15, -0.1) is 6.58 Å². The van der Waals surface area contributed by atoms with Crippen LogP contribution in [0.3, 0.4) is 0 Å². The summed E-state index contributed by atoms with van der Waals surface area (Å²) in [6.07, 6.45) is 2.75. The molecule has 120 valence electrons. The standard InChI is InChI=1S/C17H24N2O2S/c1-2-6-22-12-15(20)11-18-8-13-7-14(10-18)16-4-3-5-17(21)19(16)9-13/h2-5,13-15,20H,1,6-12H2/t13-,14-,15+/m1/s1. The second kappa shape index (κ2) is 7.02. The first-order chi connectivity index (χ1) is 10.7. The Hall–Kier alpha value is -1.04. The third-order valence-corrected chi connectivity index (χ3v) is 5.66. The fourth-order valence-corrected chi connectivity index (χ4v) is 4.46. The number of aromatic nitrogens is 1. The predicted molar refractivity (Wildman–Crippen MR) is 91.5 cm³/mol. The van der Waals surface area contributed by atoms with Crippen LogP contribution in [0.4, 0.5) is 0 Å². The third-order valence-electron chi connectivity index (χ3n) is 4.57. The van der Waals surface area contributed by atoms with Crippen LogP contribution in [-0.2, 0) is 6.54 Å². The molecule has 1 saturated heterocycles. The summed E-state index contributed by atoms with van der Waals surface area (Å²) in [4.78, 5) is 14.4. The molecule has 2 aliphatic heterocycles. The maximum Gasteiger partial charge on any atom is 0.250 e. The van der Waals surface area contributed by atoms with Crippen LogP contribution in [0.5, 0.6) is 0 Å². The van der Waals surface area contributed by atoms with E-state index in [1.54, 1.807) is 17.8 Å². The Balaban J connectivity index is 1.63. The first-order valence-corrected chi connectivity index (χ1v) is 9.11. The number of rotatable bonds is 6. The highest BCUT2D eigenvalue weighted by atomic mass is 32.2. The number of fused-ring (bicyclic) bond motifs is 4. The van der Waals surface area contributed by atoms with Gasteiger partial charge in [0.25, 0.3) is 5.56 Å². The molecule has 0 spiro atoms. The topological polar surface area (TPSA) is 45.5 Å². The molecule has 0 radical (unpaired) electrons. The Kier molecular flexibility index (Phi) is 5.06. The molecule has 1 fully saturated rings. The Bertz CT molecular complexity index is 586. The predicted octanol–water partition coefficient (Wildman–Crippen LogP) is 1.55. The summed E-state index contributed by atoms with van der Waals surface area (Å²) in [5.41, 5.74) is 1.30. The van der Waals surface area contributed by atoms with E-state index in [1.165, 1.54) is 12.1 Å². The molecule has 0 aromatic carbocycles. The van der Waals surface area contributed by atoms with Crippen LogP contribution in [0.25, 0.3) is 0 Å². The van der Waals surface area contributed by atoms with Gasteiger partial charge < -0.3 is 9.67 Å². The van der Waals surface area contributed by atoms with Gasteiger partial charge in [-0.1, -0.05) is 12.1 Å². The fourth-order valence-electron chi connectivity index (χ4n) is 3.78. The van der Waals surface area contributed by atoms with Crippen molar-refractivity contribution in [1.29, 1.82) is 0 Å². The van der Waals surface area contributed by atoms with Gasteiger partial charge in [0, 0.05) is 55.4 Å². The highest BCUT2D eigenvalue weighted by Crippen LogP contribution is 2.34. The van der Waals surface area contributed by atoms with Crippen molar-refractivity contribution in [3.63, 3.8) is 0 Å². The normalized spacial score (nSPS) is 25.5. The average molecular weight is 320 g/mol. The average Bonchev–Trinajstić information content (AvgIpc) is 2.48. The number of β-amino-alcohol motifs (C(OH)–C–C–N with tert-alkyl or cyclic N) is 1. The van der Waals surface area contributed by atoms with Crippen molar-refractivity contribution in [2.75, 3.05) is 31.1 Å². The number of pyridine rings is 1. The Morgan fingerprint density at radius 3 is 3.09 bits per heavy atom. The molecule has 1 aromatic heterocycles. The second-order valence-corrected chi connectivity index (χ2v) is 7.47. The van der Waals surface area contributed by atoms with E-state index in [2.05, 4.69) is 17.5 Å². The maximum absolute atomic E-state index is 12.0. The van der Waals surface area contributed by atoms with Crippen molar-refractivity contribution < 1.29 is 5.11 Å². The lowest BCUT2D eigenvalue weighted by atomic mass is 9.83. The lowest BCUT2D eigenvalue weighted by Gasteiger charge is -2.43. The number of aliphatic hydroxyl groups excluding tert-OH is 1. The van der Waals surface area contributed by atoms with Crippen molar-refractivity contribution in [1.82, 2.24) is 9.47 Å². The fraction of sp³-hybridized carbons (Fsp3) is 0.588. The summed E-state index contributed by atoms with van der Waals surface area (Å²) in [7, 11) is 0. The quantitative estimate of drug-likeness (QED) is 0.638. The molecule has 3 heterocycles. The van der Waals surface area contributed by atoms with Crippen molar-refractivity contribution >= 4 is 11.8 Å². The summed E-state index contributed by atoms with van der Waals surface area (Å²) in [5.74, 6) is 2.60. The van der Waals surface area contributed by atoms with Gasteiger partial charge in [-0.2, -0.15) is 11.8 Å².